The molecule has 22 heavy (non-hydrogen) atoms. The average Bonchev–Trinajstić information content (AvgIpc) is 2.46. The zero-order chi connectivity index (χ0) is 16.2. The molecule has 1 aliphatic rings. The smallest absolute Gasteiger partial charge is 0.222 e. The highest BCUT2D eigenvalue weighted by atomic mass is 35.7. The summed E-state index contributed by atoms with van der Waals surface area (Å²) in [5.74, 6) is 2.18. The van der Waals surface area contributed by atoms with Crippen LogP contribution in [0.15, 0.2) is 40.8 Å². The van der Waals surface area contributed by atoms with Crippen LogP contribution in [0.4, 0.5) is 0 Å². The molecule has 0 aliphatic heterocycles. The van der Waals surface area contributed by atoms with Crippen LogP contribution in [0.25, 0.3) is 11.3 Å². The summed E-state index contributed by atoms with van der Waals surface area (Å²) in [5.41, 5.74) is 3.85. The van der Waals surface area contributed by atoms with Gasteiger partial charge in [-0.2, -0.15) is 0 Å². The van der Waals surface area contributed by atoms with E-state index in [0.29, 0.717) is 0 Å². The molecular weight excluding hydrogens is 308 g/mol. The molecule has 0 radical (unpaired) electrons. The first-order chi connectivity index (χ1) is 10.3. The van der Waals surface area contributed by atoms with Crippen molar-refractivity contribution in [2.45, 2.75) is 32.6 Å². The molecular formula is C16H17ClO5. The van der Waals surface area contributed by atoms with E-state index in [0.717, 1.165) is 12.2 Å². The Hall–Kier alpha value is -1.50. The summed E-state index contributed by atoms with van der Waals surface area (Å²) in [7, 11) is -4.94. The number of hydrogen-bond donors (Lipinski definition) is 0. The van der Waals surface area contributed by atoms with E-state index >= 15 is 0 Å². The van der Waals surface area contributed by atoms with Gasteiger partial charge in [-0.3, -0.25) is 0 Å². The quantitative estimate of drug-likeness (QED) is 0.667. The van der Waals surface area contributed by atoms with Crippen molar-refractivity contribution in [3.63, 3.8) is 0 Å². The Kier molecular flexibility index (Phi) is 5.50. The first kappa shape index (κ1) is 16.9. The zero-order valence-corrected chi connectivity index (χ0v) is 13.0. The lowest BCUT2D eigenvalue weighted by atomic mass is 9.97. The van der Waals surface area contributed by atoms with Gasteiger partial charge in [0.2, 0.25) is 0 Å². The molecule has 1 heterocycles. The van der Waals surface area contributed by atoms with Gasteiger partial charge in [-0.1, -0.05) is 17.7 Å². The van der Waals surface area contributed by atoms with Gasteiger partial charge >= 0.3 is 11.5 Å². The molecule has 1 aliphatic carbocycles. The Morgan fingerprint density at radius 1 is 0.864 bits per heavy atom. The van der Waals surface area contributed by atoms with Crippen LogP contribution in [0.3, 0.4) is 0 Å². The van der Waals surface area contributed by atoms with Crippen molar-refractivity contribution in [3.8, 4) is 11.3 Å². The highest BCUT2D eigenvalue weighted by molar-refractivity contribution is 5.57. The van der Waals surface area contributed by atoms with Gasteiger partial charge in [-0.05, 0) is 44.4 Å². The van der Waals surface area contributed by atoms with Crippen LogP contribution in [0.5, 0.6) is 0 Å². The van der Waals surface area contributed by atoms with Gasteiger partial charge < -0.3 is 0 Å². The van der Waals surface area contributed by atoms with Gasteiger partial charge in [0.25, 0.3) is 0 Å². The standard InChI is InChI=1S/C16H17O.ClHO4/c1-12-6-8-14(9-7-12)16-11-10-13-4-2-3-5-15(13)17-16;2-1(3,4)5/h6-11H,2-5H2,1H3;(H,2,3,4,5)/q+1;/p-1. The van der Waals surface area contributed by atoms with Crippen molar-refractivity contribution in [1.29, 1.82) is 0 Å². The first-order valence-electron chi connectivity index (χ1n) is 6.96. The minimum atomic E-state index is -4.94. The van der Waals surface area contributed by atoms with Crippen molar-refractivity contribution in [2.75, 3.05) is 0 Å². The van der Waals surface area contributed by atoms with Crippen LogP contribution in [-0.4, -0.2) is 0 Å². The monoisotopic (exact) mass is 324 g/mol. The van der Waals surface area contributed by atoms with Crippen LogP contribution in [0.2, 0.25) is 0 Å². The average molecular weight is 325 g/mol. The minimum absolute atomic E-state index is 0.991. The van der Waals surface area contributed by atoms with Crippen LogP contribution in [0, 0.1) is 17.2 Å². The van der Waals surface area contributed by atoms with Crippen molar-refractivity contribution >= 4 is 0 Å². The van der Waals surface area contributed by atoms with Crippen LogP contribution in [0.1, 0.15) is 29.7 Å². The lowest BCUT2D eigenvalue weighted by molar-refractivity contribution is -2.00. The number of benzene rings is 1. The fraction of sp³-hybridized carbons (Fsp3) is 0.312. The Morgan fingerprint density at radius 2 is 1.45 bits per heavy atom. The van der Waals surface area contributed by atoms with Gasteiger partial charge in [0.15, 0.2) is 0 Å². The predicted molar refractivity (Wildman–Crippen MR) is 69.9 cm³/mol. The third-order valence-electron chi connectivity index (χ3n) is 3.46. The van der Waals surface area contributed by atoms with E-state index in [1.807, 2.05) is 0 Å². The van der Waals surface area contributed by atoms with Crippen molar-refractivity contribution in [2.24, 2.45) is 0 Å². The third kappa shape index (κ3) is 5.36. The molecule has 2 aromatic rings. The van der Waals surface area contributed by atoms with Gasteiger partial charge in [0.05, 0.1) is 17.5 Å². The first-order valence-corrected chi connectivity index (χ1v) is 8.20. The molecule has 0 unspecified atom stereocenters. The summed E-state index contributed by atoms with van der Waals surface area (Å²) in [4.78, 5) is 0. The van der Waals surface area contributed by atoms with Gasteiger partial charge in [0.1, 0.15) is 0 Å². The molecule has 1 aromatic heterocycles. The third-order valence-corrected chi connectivity index (χ3v) is 3.46. The normalized spacial score (nSPS) is 13.9. The summed E-state index contributed by atoms with van der Waals surface area (Å²) in [5, 5.41) is 0. The summed E-state index contributed by atoms with van der Waals surface area (Å²) in [6.45, 7) is 2.10. The maximum atomic E-state index is 8.49. The largest absolute Gasteiger partial charge is 0.360 e. The number of hydrogen-bond acceptors (Lipinski definition) is 4. The highest BCUT2D eigenvalue weighted by Gasteiger charge is 2.22. The van der Waals surface area contributed by atoms with Gasteiger partial charge in [-0.25, -0.2) is 23.1 Å². The van der Waals surface area contributed by atoms with E-state index in [1.54, 1.807) is 0 Å². The Morgan fingerprint density at radius 3 is 2.09 bits per heavy atom. The summed E-state index contributed by atoms with van der Waals surface area (Å²) >= 11 is 0. The van der Waals surface area contributed by atoms with E-state index in [4.69, 9.17) is 23.1 Å². The van der Waals surface area contributed by atoms with E-state index < -0.39 is 10.2 Å². The fourth-order valence-corrected chi connectivity index (χ4v) is 2.41. The van der Waals surface area contributed by atoms with Crippen LogP contribution >= 0.6 is 0 Å². The summed E-state index contributed by atoms with van der Waals surface area (Å²) in [6, 6.07) is 12.9. The van der Waals surface area contributed by atoms with E-state index in [9.17, 15) is 0 Å². The molecule has 3 rings (SSSR count). The molecule has 0 spiro atoms. The van der Waals surface area contributed by atoms with Crippen molar-refractivity contribution in [3.05, 3.63) is 53.3 Å². The summed E-state index contributed by atoms with van der Waals surface area (Å²) < 4.78 is 40.0. The second kappa shape index (κ2) is 7.17. The SMILES string of the molecule is Cc1ccc(-c2ccc3c([o+]2)CCCC3)cc1.[O-][Cl+3]([O-])([O-])[O-]. The second-order valence-electron chi connectivity index (χ2n) is 5.20. The molecule has 0 amide bonds. The molecule has 0 N–H and O–H groups in total. The molecule has 6 heteroatoms. The van der Waals surface area contributed by atoms with Gasteiger partial charge in [0, 0.05) is 6.07 Å². The van der Waals surface area contributed by atoms with E-state index in [2.05, 4.69) is 43.3 Å². The Labute approximate surface area is 131 Å². The molecule has 118 valence electrons. The highest BCUT2D eigenvalue weighted by Crippen LogP contribution is 2.27. The lowest BCUT2D eigenvalue weighted by Gasteiger charge is -2.17. The van der Waals surface area contributed by atoms with Gasteiger partial charge in [-0.15, -0.1) is 10.2 Å². The number of halogens is 1. The van der Waals surface area contributed by atoms with Crippen molar-refractivity contribution < 1.29 is 33.3 Å². The molecule has 0 saturated carbocycles. The zero-order valence-electron chi connectivity index (χ0n) is 12.2. The Balaban J connectivity index is 0.000000309. The van der Waals surface area contributed by atoms with Crippen molar-refractivity contribution in [1.82, 2.24) is 0 Å². The Bertz CT molecular complexity index is 613. The lowest BCUT2D eigenvalue weighted by Crippen LogP contribution is -2.68. The maximum Gasteiger partial charge on any atom is 0.360 e. The molecule has 5 nitrogen and oxygen atoms in total. The van der Waals surface area contributed by atoms with Crippen LogP contribution in [-0.2, 0) is 12.8 Å². The number of rotatable bonds is 1. The molecule has 0 fully saturated rings. The molecule has 0 saturated heterocycles. The molecule has 0 bridgehead atoms. The molecule has 1 aromatic carbocycles. The minimum Gasteiger partial charge on any atom is -0.222 e. The molecule has 0 atom stereocenters. The topological polar surface area (TPSA) is 104 Å². The number of aryl methyl sites for hydroxylation is 3. The number of fused-ring (bicyclic) bond motifs is 1. The fourth-order valence-electron chi connectivity index (χ4n) is 2.41. The van der Waals surface area contributed by atoms with Crippen LogP contribution < -0.4 is 18.6 Å². The maximum absolute atomic E-state index is 8.49. The predicted octanol–water partition coefficient (Wildman–Crippen LogP) is -0.341. The summed E-state index contributed by atoms with van der Waals surface area (Å²) in [6.07, 6.45) is 4.82. The van der Waals surface area contributed by atoms with E-state index in [-0.39, 0.29) is 0 Å². The van der Waals surface area contributed by atoms with E-state index in [1.165, 1.54) is 41.7 Å². The second-order valence-corrected chi connectivity index (χ2v) is 5.96.